The number of hydrogen-bond acceptors (Lipinski definition) is 6. The quantitative estimate of drug-likeness (QED) is 0.529. The fourth-order valence-electron chi connectivity index (χ4n) is 4.77. The van der Waals surface area contributed by atoms with Gasteiger partial charge in [0.2, 0.25) is 5.91 Å². The van der Waals surface area contributed by atoms with Gasteiger partial charge in [-0.15, -0.1) is 0 Å². The van der Waals surface area contributed by atoms with E-state index >= 15 is 0 Å². The summed E-state index contributed by atoms with van der Waals surface area (Å²) in [6, 6.07) is 4.87. The molecule has 1 aromatic rings. The van der Waals surface area contributed by atoms with Crippen LogP contribution in [0.15, 0.2) is 24.4 Å². The monoisotopic (exact) mass is 469 g/mol. The number of hydrogen-bond donors (Lipinski definition) is 3. The lowest BCUT2D eigenvalue weighted by Crippen LogP contribution is -2.55. The third kappa shape index (κ3) is 5.56. The lowest BCUT2D eigenvalue weighted by atomic mass is 9.97. The number of amides is 2. The maximum Gasteiger partial charge on any atom is 0.411 e. The van der Waals surface area contributed by atoms with E-state index in [-0.39, 0.29) is 23.9 Å². The molecule has 9 heteroatoms. The molecule has 1 aromatic carbocycles. The summed E-state index contributed by atoms with van der Waals surface area (Å²) in [4.78, 5) is 27.5. The van der Waals surface area contributed by atoms with Gasteiger partial charge in [-0.2, -0.15) is 5.26 Å². The van der Waals surface area contributed by atoms with Crippen molar-refractivity contribution >= 4 is 23.8 Å². The van der Waals surface area contributed by atoms with E-state index in [1.54, 1.807) is 46.2 Å². The minimum absolute atomic E-state index is 0.0166. The van der Waals surface area contributed by atoms with Crippen LogP contribution >= 0.6 is 0 Å². The van der Waals surface area contributed by atoms with Crippen molar-refractivity contribution in [3.63, 3.8) is 0 Å². The molecule has 4 atom stereocenters. The minimum Gasteiger partial charge on any atom is -0.444 e. The van der Waals surface area contributed by atoms with Crippen molar-refractivity contribution in [3.8, 4) is 6.07 Å². The molecule has 1 saturated heterocycles. The van der Waals surface area contributed by atoms with Gasteiger partial charge in [0.05, 0.1) is 6.07 Å². The number of nitriles is 1. The smallest absolute Gasteiger partial charge is 0.411 e. The Morgan fingerprint density at radius 2 is 2.12 bits per heavy atom. The highest BCUT2D eigenvalue weighted by molar-refractivity contribution is 6.08. The summed E-state index contributed by atoms with van der Waals surface area (Å²) in [5.41, 5.74) is 0.634. The van der Waals surface area contributed by atoms with Crippen molar-refractivity contribution in [1.82, 2.24) is 15.5 Å². The number of nitrogens with one attached hydrogen (secondary N) is 3. The van der Waals surface area contributed by atoms with Crippen LogP contribution in [0.5, 0.6) is 0 Å². The second kappa shape index (κ2) is 10.2. The van der Waals surface area contributed by atoms with Gasteiger partial charge in [-0.1, -0.05) is 12.1 Å². The summed E-state index contributed by atoms with van der Waals surface area (Å²) in [5, 5.41) is 22.6. The van der Waals surface area contributed by atoms with Crippen molar-refractivity contribution in [1.29, 1.82) is 10.7 Å². The van der Waals surface area contributed by atoms with Crippen molar-refractivity contribution in [3.05, 3.63) is 41.3 Å². The Bertz CT molecular complexity index is 1030. The van der Waals surface area contributed by atoms with Gasteiger partial charge in [-0.3, -0.25) is 9.69 Å². The van der Waals surface area contributed by atoms with Crippen LogP contribution in [-0.2, 0) is 16.0 Å². The Hall–Kier alpha value is -3.41. The standard InChI is InChI=1S/C25H32FN5O3/c1-25(2,3)34-24(33)31-20-8-7-17(10-20)22(31)23(32)30-19(13-28)9-16-6-5-15(11-21(16)26)18(12-27)14-29-4/h5-6,11-12,14,17,19-20,22,27,29H,7-10H2,1-4H3,(H,30,32)/b18-14+,27-12?/t17-,19-,20+,22-/m0/s1. The molecule has 8 nitrogen and oxygen atoms in total. The Kier molecular flexibility index (Phi) is 7.60. The molecule has 0 spiro atoms. The molecule has 1 saturated carbocycles. The third-order valence-electron chi connectivity index (χ3n) is 6.20. The number of benzene rings is 1. The minimum atomic E-state index is -0.956. The van der Waals surface area contributed by atoms with Crippen LogP contribution in [0.25, 0.3) is 5.57 Å². The SMILES string of the molecule is CN/C=C(\C=N)c1ccc(C[C@@H](C#N)NC(=O)[C@@H]2[C@H]3CC[C@H](C3)N2C(=O)OC(C)(C)C)c(F)c1. The molecular formula is C25H32FN5O3. The zero-order chi connectivity index (χ0) is 25.0. The van der Waals surface area contributed by atoms with E-state index in [0.29, 0.717) is 11.1 Å². The summed E-state index contributed by atoms with van der Waals surface area (Å²) < 4.78 is 20.3. The largest absolute Gasteiger partial charge is 0.444 e. The Morgan fingerprint density at radius 3 is 2.71 bits per heavy atom. The average Bonchev–Trinajstić information content (AvgIpc) is 3.38. The van der Waals surface area contributed by atoms with Crippen LogP contribution in [0.3, 0.4) is 0 Å². The normalized spacial score (nSPS) is 22.6. The van der Waals surface area contributed by atoms with Crippen molar-refractivity contribution < 1.29 is 18.7 Å². The molecule has 182 valence electrons. The van der Waals surface area contributed by atoms with Gasteiger partial charge < -0.3 is 20.8 Å². The van der Waals surface area contributed by atoms with Crippen LogP contribution in [0, 0.1) is 28.5 Å². The predicted octanol–water partition coefficient (Wildman–Crippen LogP) is 3.37. The number of piperidine rings is 1. The van der Waals surface area contributed by atoms with Gasteiger partial charge in [-0.05, 0) is 63.1 Å². The van der Waals surface area contributed by atoms with Crippen molar-refractivity contribution in [2.75, 3.05) is 7.05 Å². The third-order valence-corrected chi connectivity index (χ3v) is 6.20. The predicted molar refractivity (Wildman–Crippen MR) is 126 cm³/mol. The number of carbonyl (C=O) groups is 2. The maximum atomic E-state index is 14.8. The molecule has 34 heavy (non-hydrogen) atoms. The second-order valence-corrected chi connectivity index (χ2v) is 9.79. The first kappa shape index (κ1) is 25.2. The van der Waals surface area contributed by atoms with E-state index in [4.69, 9.17) is 10.1 Å². The van der Waals surface area contributed by atoms with E-state index in [1.165, 1.54) is 11.0 Å². The van der Waals surface area contributed by atoms with Gasteiger partial charge in [0.1, 0.15) is 23.5 Å². The Balaban J connectivity index is 1.72. The molecule has 0 aromatic heterocycles. The molecule has 2 bridgehead atoms. The van der Waals surface area contributed by atoms with E-state index in [1.807, 2.05) is 6.07 Å². The number of nitrogens with zero attached hydrogens (tertiary/aromatic N) is 2. The first-order chi connectivity index (χ1) is 16.1. The first-order valence-electron chi connectivity index (χ1n) is 11.5. The molecule has 1 aliphatic heterocycles. The summed E-state index contributed by atoms with van der Waals surface area (Å²) in [6.45, 7) is 5.33. The van der Waals surface area contributed by atoms with Crippen molar-refractivity contribution in [2.45, 2.75) is 70.2 Å². The Morgan fingerprint density at radius 1 is 1.38 bits per heavy atom. The highest BCUT2D eigenvalue weighted by Crippen LogP contribution is 2.43. The topological polar surface area (TPSA) is 118 Å². The molecule has 0 unspecified atom stereocenters. The van der Waals surface area contributed by atoms with Crippen LogP contribution in [0.4, 0.5) is 9.18 Å². The molecule has 2 aliphatic rings. The molecule has 3 rings (SSSR count). The van der Waals surface area contributed by atoms with E-state index < -0.39 is 35.5 Å². The number of allylic oxidation sites excluding steroid dienone is 1. The molecular weight excluding hydrogens is 437 g/mol. The Labute approximate surface area is 199 Å². The average molecular weight is 470 g/mol. The van der Waals surface area contributed by atoms with E-state index in [9.17, 15) is 19.2 Å². The summed E-state index contributed by atoms with van der Waals surface area (Å²) in [5.74, 6) is -0.915. The maximum absolute atomic E-state index is 14.8. The second-order valence-electron chi connectivity index (χ2n) is 9.79. The zero-order valence-corrected chi connectivity index (χ0v) is 20.0. The lowest BCUT2D eigenvalue weighted by molar-refractivity contribution is -0.128. The van der Waals surface area contributed by atoms with Gasteiger partial charge in [0, 0.05) is 37.5 Å². The highest BCUT2D eigenvalue weighted by atomic mass is 19.1. The van der Waals surface area contributed by atoms with E-state index in [2.05, 4.69) is 10.6 Å². The zero-order valence-electron chi connectivity index (χ0n) is 20.0. The highest BCUT2D eigenvalue weighted by Gasteiger charge is 2.52. The summed E-state index contributed by atoms with van der Waals surface area (Å²) in [7, 11) is 1.69. The molecule has 2 fully saturated rings. The fraction of sp³-hybridized carbons (Fsp3) is 0.520. The summed E-state index contributed by atoms with van der Waals surface area (Å²) in [6.07, 6.45) is 4.57. The number of halogens is 1. The number of rotatable bonds is 7. The number of likely N-dealkylation sites (tertiary alicyclic amines) is 1. The van der Waals surface area contributed by atoms with Crippen LogP contribution < -0.4 is 10.6 Å². The number of ether oxygens (including phenoxy) is 1. The van der Waals surface area contributed by atoms with Gasteiger partial charge >= 0.3 is 6.09 Å². The molecule has 2 amide bonds. The van der Waals surface area contributed by atoms with Gasteiger partial charge in [-0.25, -0.2) is 9.18 Å². The molecule has 0 radical (unpaired) electrons. The van der Waals surface area contributed by atoms with Crippen molar-refractivity contribution in [2.24, 2.45) is 5.92 Å². The van der Waals surface area contributed by atoms with Crippen LogP contribution in [0.1, 0.15) is 51.2 Å². The van der Waals surface area contributed by atoms with Gasteiger partial charge in [0.15, 0.2) is 0 Å². The number of carbonyl (C=O) groups excluding carboxylic acids is 2. The van der Waals surface area contributed by atoms with Crippen LogP contribution in [-0.4, -0.2) is 53.9 Å². The first-order valence-corrected chi connectivity index (χ1v) is 11.5. The van der Waals surface area contributed by atoms with E-state index in [0.717, 1.165) is 25.5 Å². The molecule has 1 heterocycles. The molecule has 1 aliphatic carbocycles. The van der Waals surface area contributed by atoms with Crippen LogP contribution in [0.2, 0.25) is 0 Å². The molecule has 3 N–H and O–H groups in total. The summed E-state index contributed by atoms with van der Waals surface area (Å²) >= 11 is 0. The number of fused-ring (bicyclic) bond motifs is 2. The van der Waals surface area contributed by atoms with Gasteiger partial charge in [0.25, 0.3) is 0 Å². The fourth-order valence-corrected chi connectivity index (χ4v) is 4.77. The lowest BCUT2D eigenvalue weighted by Gasteiger charge is -2.35.